The minimum absolute atomic E-state index is 0.933. The largest absolute Gasteiger partial charge is 0.497 e. The van der Waals surface area contributed by atoms with Gasteiger partial charge in [-0.25, -0.2) is 0 Å². The van der Waals surface area contributed by atoms with Gasteiger partial charge in [-0.2, -0.15) is 0 Å². The Morgan fingerprint density at radius 3 is 1.57 bits per heavy atom. The van der Waals surface area contributed by atoms with E-state index in [1.54, 1.807) is 7.11 Å². The summed E-state index contributed by atoms with van der Waals surface area (Å²) < 4.78 is 5.42. The molecule has 0 aliphatic rings. The predicted molar refractivity (Wildman–Crippen MR) is 131 cm³/mol. The summed E-state index contributed by atoms with van der Waals surface area (Å²) in [6.45, 7) is 0. The third kappa shape index (κ3) is 4.32. The number of benzene rings is 4. The summed E-state index contributed by atoms with van der Waals surface area (Å²) >= 11 is 0. The molecule has 4 aromatic carbocycles. The van der Waals surface area contributed by atoms with Crippen molar-refractivity contribution in [3.8, 4) is 5.75 Å². The van der Waals surface area contributed by atoms with E-state index < -0.39 is 7.26 Å². The molecule has 4 rings (SSSR count). The fraction of sp³-hybridized carbons (Fsp3) is 0.143. The quantitative estimate of drug-likeness (QED) is 0.342. The second-order valence-corrected chi connectivity index (χ2v) is 11.1. The molecule has 0 heterocycles. The van der Waals surface area contributed by atoms with Gasteiger partial charge in [0.1, 0.15) is 28.9 Å². The van der Waals surface area contributed by atoms with E-state index in [0.717, 1.165) is 24.8 Å². The van der Waals surface area contributed by atoms with Crippen LogP contribution < -0.4 is 20.7 Å². The lowest BCUT2D eigenvalue weighted by molar-refractivity contribution is 0.414. The van der Waals surface area contributed by atoms with Gasteiger partial charge in [0, 0.05) is 0 Å². The van der Waals surface area contributed by atoms with Crippen LogP contribution in [-0.4, -0.2) is 13.3 Å². The average Bonchev–Trinajstić information content (AvgIpc) is 2.84. The zero-order valence-electron chi connectivity index (χ0n) is 17.4. The van der Waals surface area contributed by atoms with Crippen LogP contribution in [0.3, 0.4) is 0 Å². The molecule has 0 aliphatic carbocycles. The molecule has 0 fully saturated rings. The first-order chi connectivity index (χ1) is 14.8. The van der Waals surface area contributed by atoms with Crippen molar-refractivity contribution >= 4 is 23.2 Å². The molecule has 0 saturated heterocycles. The van der Waals surface area contributed by atoms with E-state index in [9.17, 15) is 0 Å². The monoisotopic (exact) mass is 411 g/mol. The second kappa shape index (κ2) is 9.74. The standard InChI is InChI=1S/C28H28OP/c1-29-25-15-11-13-24(23-25)14-12-22-30(26-16-5-2-6-17-26,27-18-7-3-8-19-27)28-20-9-4-10-21-28/h2-11,13,15-21,23H,12,14,22H2,1H3/q+1. The molecule has 0 aromatic heterocycles. The highest BCUT2D eigenvalue weighted by Crippen LogP contribution is 2.55. The molecular formula is C28H28OP+. The summed E-state index contributed by atoms with van der Waals surface area (Å²) in [5, 5.41) is 4.36. The number of methoxy groups -OCH3 is 1. The highest BCUT2D eigenvalue weighted by atomic mass is 31.2. The van der Waals surface area contributed by atoms with Crippen LogP contribution in [0.15, 0.2) is 115 Å². The highest BCUT2D eigenvalue weighted by Gasteiger charge is 2.44. The second-order valence-electron chi connectivity index (χ2n) is 7.50. The smallest absolute Gasteiger partial charge is 0.119 e. The predicted octanol–water partition coefficient (Wildman–Crippen LogP) is 5.62. The van der Waals surface area contributed by atoms with Gasteiger partial charge in [0.15, 0.2) is 0 Å². The maximum Gasteiger partial charge on any atom is 0.119 e. The van der Waals surface area contributed by atoms with Crippen molar-refractivity contribution in [1.29, 1.82) is 0 Å². The Hall–Kier alpha value is -2.89. The summed E-state index contributed by atoms with van der Waals surface area (Å²) in [5.41, 5.74) is 1.33. The van der Waals surface area contributed by atoms with Crippen molar-refractivity contribution in [2.45, 2.75) is 12.8 Å². The van der Waals surface area contributed by atoms with E-state index in [2.05, 4.69) is 109 Å². The molecule has 0 amide bonds. The first-order valence-corrected chi connectivity index (χ1v) is 12.5. The Morgan fingerprint density at radius 1 is 0.600 bits per heavy atom. The summed E-state index contributed by atoms with van der Waals surface area (Å²) in [7, 11) is -0.00824. The van der Waals surface area contributed by atoms with Crippen molar-refractivity contribution in [3.05, 3.63) is 121 Å². The Kier molecular flexibility index (Phi) is 6.62. The molecule has 0 atom stereocenters. The van der Waals surface area contributed by atoms with Gasteiger partial charge in [0.25, 0.3) is 0 Å². The summed E-state index contributed by atoms with van der Waals surface area (Å²) in [6, 6.07) is 41.8. The van der Waals surface area contributed by atoms with Crippen LogP contribution in [0.4, 0.5) is 0 Å². The lowest BCUT2D eigenvalue weighted by Crippen LogP contribution is -2.33. The maximum atomic E-state index is 5.42. The molecule has 0 unspecified atom stereocenters. The number of ether oxygens (including phenoxy) is 1. The van der Waals surface area contributed by atoms with E-state index >= 15 is 0 Å². The van der Waals surface area contributed by atoms with Gasteiger partial charge in [0.05, 0.1) is 13.3 Å². The highest BCUT2D eigenvalue weighted by molar-refractivity contribution is 7.95. The van der Waals surface area contributed by atoms with Crippen molar-refractivity contribution in [2.75, 3.05) is 13.3 Å². The van der Waals surface area contributed by atoms with Gasteiger partial charge >= 0.3 is 0 Å². The molecule has 0 bridgehead atoms. The van der Waals surface area contributed by atoms with Crippen molar-refractivity contribution in [2.24, 2.45) is 0 Å². The third-order valence-electron chi connectivity index (χ3n) is 5.68. The molecule has 150 valence electrons. The molecule has 1 nitrogen and oxygen atoms in total. The lowest BCUT2D eigenvalue weighted by Gasteiger charge is -2.27. The third-order valence-corrected chi connectivity index (χ3v) is 10.2. The number of hydrogen-bond donors (Lipinski definition) is 0. The van der Waals surface area contributed by atoms with E-state index in [4.69, 9.17) is 4.74 Å². The van der Waals surface area contributed by atoms with Gasteiger partial charge in [-0.1, -0.05) is 66.7 Å². The molecule has 0 N–H and O–H groups in total. The van der Waals surface area contributed by atoms with Crippen LogP contribution in [0.2, 0.25) is 0 Å². The Morgan fingerprint density at radius 2 is 1.10 bits per heavy atom. The maximum absolute atomic E-state index is 5.42. The van der Waals surface area contributed by atoms with Gasteiger partial charge in [0.2, 0.25) is 0 Å². The van der Waals surface area contributed by atoms with Crippen LogP contribution in [0.25, 0.3) is 0 Å². The fourth-order valence-electron chi connectivity index (χ4n) is 4.23. The van der Waals surface area contributed by atoms with Crippen LogP contribution in [0, 0.1) is 0 Å². The molecule has 4 aromatic rings. The van der Waals surface area contributed by atoms with E-state index in [1.807, 2.05) is 6.07 Å². The zero-order chi connectivity index (χ0) is 20.7. The fourth-order valence-corrected chi connectivity index (χ4v) is 8.58. The van der Waals surface area contributed by atoms with Gasteiger partial charge in [-0.05, 0) is 66.9 Å². The van der Waals surface area contributed by atoms with E-state index in [1.165, 1.54) is 21.5 Å². The van der Waals surface area contributed by atoms with Gasteiger partial charge in [-0.3, -0.25) is 0 Å². The van der Waals surface area contributed by atoms with Crippen molar-refractivity contribution < 1.29 is 4.74 Å². The van der Waals surface area contributed by atoms with Crippen LogP contribution in [0.5, 0.6) is 5.75 Å². The molecule has 30 heavy (non-hydrogen) atoms. The number of aryl methyl sites for hydroxylation is 1. The summed E-state index contributed by atoms with van der Waals surface area (Å²) in [4.78, 5) is 0. The minimum atomic E-state index is -1.74. The molecule has 0 saturated carbocycles. The average molecular weight is 412 g/mol. The minimum Gasteiger partial charge on any atom is -0.497 e. The van der Waals surface area contributed by atoms with E-state index in [-0.39, 0.29) is 0 Å². The number of rotatable bonds is 8. The molecule has 0 aliphatic heterocycles. The van der Waals surface area contributed by atoms with Crippen LogP contribution in [-0.2, 0) is 6.42 Å². The zero-order valence-corrected chi connectivity index (χ0v) is 18.3. The van der Waals surface area contributed by atoms with Crippen LogP contribution >= 0.6 is 7.26 Å². The Bertz CT molecular complexity index is 949. The van der Waals surface area contributed by atoms with Gasteiger partial charge < -0.3 is 4.74 Å². The summed E-state index contributed by atoms with van der Waals surface area (Å²) in [6.07, 6.45) is 3.31. The Balaban J connectivity index is 1.74. The first kappa shape index (κ1) is 20.4. The van der Waals surface area contributed by atoms with Gasteiger partial charge in [-0.15, -0.1) is 0 Å². The number of hydrogen-bond acceptors (Lipinski definition) is 1. The molecule has 2 heteroatoms. The van der Waals surface area contributed by atoms with Crippen molar-refractivity contribution in [3.63, 3.8) is 0 Å². The van der Waals surface area contributed by atoms with Crippen molar-refractivity contribution in [1.82, 2.24) is 0 Å². The van der Waals surface area contributed by atoms with Crippen LogP contribution in [0.1, 0.15) is 12.0 Å². The molecule has 0 spiro atoms. The van der Waals surface area contributed by atoms with E-state index in [0.29, 0.717) is 0 Å². The normalized spacial score (nSPS) is 11.2. The topological polar surface area (TPSA) is 9.23 Å². The molecule has 0 radical (unpaired) electrons. The lowest BCUT2D eigenvalue weighted by atomic mass is 10.1. The summed E-state index contributed by atoms with van der Waals surface area (Å²) in [5.74, 6) is 0.933. The molecular weight excluding hydrogens is 383 g/mol. The SMILES string of the molecule is COc1cccc(CCC[P+](c2ccccc2)(c2ccccc2)c2ccccc2)c1. The first-order valence-electron chi connectivity index (χ1n) is 10.5. The Labute approximate surface area is 180 Å².